The summed E-state index contributed by atoms with van der Waals surface area (Å²) in [6.45, 7) is 3.87. The smallest absolute Gasteiger partial charge is 0.306 e. The molecule has 7 nitrogen and oxygen atoms in total. The van der Waals surface area contributed by atoms with Gasteiger partial charge in [0.15, 0.2) is 6.10 Å². The first-order chi connectivity index (χ1) is 18.4. The van der Waals surface area contributed by atoms with Gasteiger partial charge in [-0.05, 0) is 38.5 Å². The second-order valence-electron chi connectivity index (χ2n) is 10.5. The molecule has 3 atom stereocenters. The van der Waals surface area contributed by atoms with Gasteiger partial charge in [-0.3, -0.25) is 9.59 Å². The summed E-state index contributed by atoms with van der Waals surface area (Å²) in [5.74, 6) is -0.710. The standard InChI is InChI=1S/C31H58O7/c1-3-5-7-9-11-15-20-24-31(36)38-27(25-32)26-37-30(35)23-19-16-12-14-18-22-29(34)28(33)21-17-13-10-8-6-4-2/h13,17,27-29,32-34H,3-12,14-16,18-26H2,1-2H3/b17-13-/t27-,28+,29+/m0/s1. The molecule has 3 N–H and O–H groups in total. The summed E-state index contributed by atoms with van der Waals surface area (Å²) in [6.07, 6.45) is 20.2. The zero-order valence-corrected chi connectivity index (χ0v) is 24.4. The maximum absolute atomic E-state index is 12.0. The van der Waals surface area contributed by atoms with E-state index in [-0.39, 0.29) is 31.6 Å². The van der Waals surface area contributed by atoms with E-state index in [0.29, 0.717) is 25.7 Å². The molecule has 0 aromatic heterocycles. The van der Waals surface area contributed by atoms with Crippen molar-refractivity contribution in [3.05, 3.63) is 12.2 Å². The van der Waals surface area contributed by atoms with Crippen LogP contribution in [0.5, 0.6) is 0 Å². The predicted molar refractivity (Wildman–Crippen MR) is 153 cm³/mol. The van der Waals surface area contributed by atoms with Crippen molar-refractivity contribution in [2.45, 2.75) is 161 Å². The van der Waals surface area contributed by atoms with Gasteiger partial charge in [0.2, 0.25) is 0 Å². The van der Waals surface area contributed by atoms with Crippen LogP contribution < -0.4 is 0 Å². The fraction of sp³-hybridized carbons (Fsp3) is 0.871. The van der Waals surface area contributed by atoms with Crippen LogP contribution in [0.1, 0.15) is 142 Å². The molecule has 0 aliphatic heterocycles. The summed E-state index contributed by atoms with van der Waals surface area (Å²) >= 11 is 0. The van der Waals surface area contributed by atoms with E-state index in [9.17, 15) is 24.9 Å². The number of carbonyl (C=O) groups excluding carboxylic acids is 2. The summed E-state index contributed by atoms with van der Waals surface area (Å²) in [7, 11) is 0. The van der Waals surface area contributed by atoms with E-state index >= 15 is 0 Å². The first kappa shape index (κ1) is 36.6. The molecule has 0 saturated carbocycles. The molecule has 0 saturated heterocycles. The Morgan fingerprint density at radius 3 is 1.87 bits per heavy atom. The molecule has 0 radical (unpaired) electrons. The minimum atomic E-state index is -0.811. The van der Waals surface area contributed by atoms with Crippen LogP contribution in [0, 0.1) is 0 Å². The first-order valence-corrected chi connectivity index (χ1v) is 15.4. The number of aliphatic hydroxyl groups excluding tert-OH is 3. The third-order valence-electron chi connectivity index (χ3n) is 6.76. The Morgan fingerprint density at radius 2 is 1.24 bits per heavy atom. The van der Waals surface area contributed by atoms with E-state index in [2.05, 4.69) is 19.9 Å². The van der Waals surface area contributed by atoms with E-state index in [1.807, 2.05) is 6.08 Å². The number of carbonyl (C=O) groups is 2. The number of rotatable bonds is 27. The molecule has 0 aromatic carbocycles. The van der Waals surface area contributed by atoms with Gasteiger partial charge in [-0.2, -0.15) is 0 Å². The van der Waals surface area contributed by atoms with Crippen LogP contribution in [-0.4, -0.2) is 58.8 Å². The highest BCUT2D eigenvalue weighted by Crippen LogP contribution is 2.13. The van der Waals surface area contributed by atoms with Gasteiger partial charge in [-0.1, -0.05) is 103 Å². The van der Waals surface area contributed by atoms with Crippen LogP contribution in [0.4, 0.5) is 0 Å². The lowest BCUT2D eigenvalue weighted by molar-refractivity contribution is -0.161. The fourth-order valence-electron chi connectivity index (χ4n) is 4.22. The molecule has 0 aromatic rings. The number of hydrogen-bond donors (Lipinski definition) is 3. The van der Waals surface area contributed by atoms with E-state index in [4.69, 9.17) is 9.47 Å². The van der Waals surface area contributed by atoms with E-state index in [0.717, 1.165) is 51.4 Å². The third kappa shape index (κ3) is 23.7. The highest BCUT2D eigenvalue weighted by atomic mass is 16.6. The molecule has 224 valence electrons. The Hall–Kier alpha value is -1.44. The molecule has 7 heteroatoms. The third-order valence-corrected chi connectivity index (χ3v) is 6.76. The van der Waals surface area contributed by atoms with Crippen LogP contribution in [0.3, 0.4) is 0 Å². The molecular weight excluding hydrogens is 484 g/mol. The number of aliphatic hydroxyl groups is 3. The quantitative estimate of drug-likeness (QED) is 0.0612. The minimum Gasteiger partial charge on any atom is -0.462 e. The lowest BCUT2D eigenvalue weighted by Gasteiger charge is -2.16. The second kappa shape index (κ2) is 27.1. The SMILES string of the molecule is CCCCC/C=C\C[C@@H](O)[C@H](O)CCCCCCCC(=O)OC[C@H](CO)OC(=O)CCCCCCCCC. The van der Waals surface area contributed by atoms with Crippen LogP contribution in [0.2, 0.25) is 0 Å². The molecule has 0 amide bonds. The maximum atomic E-state index is 12.0. The largest absolute Gasteiger partial charge is 0.462 e. The van der Waals surface area contributed by atoms with Crippen LogP contribution in [0.25, 0.3) is 0 Å². The van der Waals surface area contributed by atoms with Crippen LogP contribution >= 0.6 is 0 Å². The van der Waals surface area contributed by atoms with Crippen molar-refractivity contribution in [1.82, 2.24) is 0 Å². The molecule has 0 aliphatic carbocycles. The Balaban J connectivity index is 3.74. The number of unbranched alkanes of at least 4 members (excludes halogenated alkanes) is 13. The minimum absolute atomic E-state index is 0.119. The average molecular weight is 543 g/mol. The van der Waals surface area contributed by atoms with Crippen molar-refractivity contribution >= 4 is 11.9 Å². The summed E-state index contributed by atoms with van der Waals surface area (Å²) in [5.41, 5.74) is 0. The molecule has 0 unspecified atom stereocenters. The molecule has 0 rings (SSSR count). The van der Waals surface area contributed by atoms with Gasteiger partial charge in [-0.25, -0.2) is 0 Å². The van der Waals surface area contributed by atoms with E-state index in [1.165, 1.54) is 44.9 Å². The van der Waals surface area contributed by atoms with Crippen molar-refractivity contribution in [3.8, 4) is 0 Å². The van der Waals surface area contributed by atoms with E-state index in [1.54, 1.807) is 0 Å². The lowest BCUT2D eigenvalue weighted by atomic mass is 10.0. The van der Waals surface area contributed by atoms with Gasteiger partial charge in [0.25, 0.3) is 0 Å². The van der Waals surface area contributed by atoms with Crippen molar-refractivity contribution in [1.29, 1.82) is 0 Å². The Kier molecular flexibility index (Phi) is 26.1. The highest BCUT2D eigenvalue weighted by molar-refractivity contribution is 5.70. The van der Waals surface area contributed by atoms with Gasteiger partial charge in [0.05, 0.1) is 18.8 Å². The average Bonchev–Trinajstić information content (AvgIpc) is 2.91. The maximum Gasteiger partial charge on any atom is 0.306 e. The summed E-state index contributed by atoms with van der Waals surface area (Å²) < 4.78 is 10.4. The highest BCUT2D eigenvalue weighted by Gasteiger charge is 2.16. The lowest BCUT2D eigenvalue weighted by Crippen LogP contribution is -2.28. The first-order valence-electron chi connectivity index (χ1n) is 15.4. The van der Waals surface area contributed by atoms with Gasteiger partial charge in [0, 0.05) is 12.8 Å². The van der Waals surface area contributed by atoms with Gasteiger partial charge < -0.3 is 24.8 Å². The molecule has 38 heavy (non-hydrogen) atoms. The van der Waals surface area contributed by atoms with Crippen molar-refractivity contribution in [2.75, 3.05) is 13.2 Å². The van der Waals surface area contributed by atoms with Gasteiger partial charge >= 0.3 is 11.9 Å². The molecule has 0 bridgehead atoms. The number of hydrogen-bond acceptors (Lipinski definition) is 7. The molecular formula is C31H58O7. The Morgan fingerprint density at radius 1 is 0.684 bits per heavy atom. The molecule has 0 fully saturated rings. The van der Waals surface area contributed by atoms with Gasteiger partial charge in [0.1, 0.15) is 6.61 Å². The van der Waals surface area contributed by atoms with Crippen molar-refractivity contribution in [3.63, 3.8) is 0 Å². The predicted octanol–water partition coefficient (Wildman–Crippen LogP) is 6.55. The fourth-order valence-corrected chi connectivity index (χ4v) is 4.22. The summed E-state index contributed by atoms with van der Waals surface area (Å²) in [6, 6.07) is 0. The molecule has 0 aliphatic rings. The zero-order chi connectivity index (χ0) is 28.3. The zero-order valence-electron chi connectivity index (χ0n) is 24.4. The monoisotopic (exact) mass is 542 g/mol. The Labute approximate surface area is 232 Å². The summed E-state index contributed by atoms with van der Waals surface area (Å²) in [5, 5.41) is 29.6. The molecule has 0 spiro atoms. The van der Waals surface area contributed by atoms with Crippen molar-refractivity contribution in [2.24, 2.45) is 0 Å². The summed E-state index contributed by atoms with van der Waals surface area (Å²) in [4.78, 5) is 23.9. The topological polar surface area (TPSA) is 113 Å². The van der Waals surface area contributed by atoms with Crippen LogP contribution in [-0.2, 0) is 19.1 Å². The number of esters is 2. The van der Waals surface area contributed by atoms with Gasteiger partial charge in [-0.15, -0.1) is 0 Å². The second-order valence-corrected chi connectivity index (χ2v) is 10.5. The van der Waals surface area contributed by atoms with E-state index < -0.39 is 18.3 Å². The Bertz CT molecular complexity index is 579. The number of allylic oxidation sites excluding steroid dienone is 1. The normalized spacial score (nSPS) is 13.9. The molecule has 0 heterocycles. The van der Waals surface area contributed by atoms with Crippen molar-refractivity contribution < 1.29 is 34.4 Å². The van der Waals surface area contributed by atoms with Crippen LogP contribution in [0.15, 0.2) is 12.2 Å². The number of ether oxygens (including phenoxy) is 2.